The van der Waals surface area contributed by atoms with E-state index in [1.807, 2.05) is 45.0 Å². The first kappa shape index (κ1) is 24.2. The molecular weight excluding hydrogens is 468 g/mol. The van der Waals surface area contributed by atoms with Crippen LogP contribution in [0.5, 0.6) is 5.75 Å². The number of aryl methyl sites for hydroxylation is 2. The number of halogens is 2. The molecule has 7 heteroatoms. The molecule has 1 unspecified atom stereocenters. The summed E-state index contributed by atoms with van der Waals surface area (Å²) in [7, 11) is 0. The van der Waals surface area contributed by atoms with E-state index >= 15 is 0 Å². The van der Waals surface area contributed by atoms with E-state index < -0.39 is 6.04 Å². The lowest BCUT2D eigenvalue weighted by atomic mass is 10.1. The van der Waals surface area contributed by atoms with Crippen LogP contribution in [-0.4, -0.2) is 35.9 Å². The van der Waals surface area contributed by atoms with Crippen molar-refractivity contribution in [3.63, 3.8) is 0 Å². The van der Waals surface area contributed by atoms with Crippen molar-refractivity contribution in [2.75, 3.05) is 13.2 Å². The van der Waals surface area contributed by atoms with Crippen molar-refractivity contribution in [1.82, 2.24) is 10.2 Å². The van der Waals surface area contributed by atoms with Crippen molar-refractivity contribution in [3.8, 4) is 5.75 Å². The predicted octanol–water partition coefficient (Wildman–Crippen LogP) is 5.04. The lowest BCUT2D eigenvalue weighted by molar-refractivity contribution is -0.142. The molecule has 0 heterocycles. The zero-order valence-electron chi connectivity index (χ0n) is 17.8. The topological polar surface area (TPSA) is 58.6 Å². The summed E-state index contributed by atoms with van der Waals surface area (Å²) < 4.78 is 6.79. The van der Waals surface area contributed by atoms with Crippen molar-refractivity contribution >= 4 is 39.3 Å². The fourth-order valence-corrected chi connectivity index (χ4v) is 3.47. The molecule has 1 N–H and O–H groups in total. The molecule has 0 spiro atoms. The SMILES string of the molecule is CCCNC(=O)C(C)N(Cc1cccc(Cl)c1)C(=O)COc1cc(C)c(Br)c(C)c1. The Morgan fingerprint density at radius 3 is 2.47 bits per heavy atom. The van der Waals surface area contributed by atoms with Crippen LogP contribution in [0.1, 0.15) is 37.0 Å². The number of amides is 2. The molecule has 0 bridgehead atoms. The first-order valence-corrected chi connectivity index (χ1v) is 11.1. The van der Waals surface area contributed by atoms with Gasteiger partial charge in [-0.2, -0.15) is 0 Å². The highest BCUT2D eigenvalue weighted by molar-refractivity contribution is 9.10. The fourth-order valence-electron chi connectivity index (χ4n) is 3.03. The van der Waals surface area contributed by atoms with E-state index in [0.29, 0.717) is 17.3 Å². The summed E-state index contributed by atoms with van der Waals surface area (Å²) in [5.74, 6) is 0.155. The van der Waals surface area contributed by atoms with Crippen LogP contribution in [0.3, 0.4) is 0 Å². The van der Waals surface area contributed by atoms with Gasteiger partial charge >= 0.3 is 0 Å². The second-order valence-corrected chi connectivity index (χ2v) is 8.51. The van der Waals surface area contributed by atoms with Crippen molar-refractivity contribution in [2.24, 2.45) is 0 Å². The molecule has 162 valence electrons. The number of nitrogens with one attached hydrogen (secondary N) is 1. The van der Waals surface area contributed by atoms with Gasteiger partial charge in [0.15, 0.2) is 6.61 Å². The lowest BCUT2D eigenvalue weighted by Gasteiger charge is -2.29. The van der Waals surface area contributed by atoms with Crippen LogP contribution in [-0.2, 0) is 16.1 Å². The first-order valence-electron chi connectivity index (χ1n) is 9.94. The van der Waals surface area contributed by atoms with E-state index in [1.54, 1.807) is 19.1 Å². The fraction of sp³-hybridized carbons (Fsp3) is 0.391. The second-order valence-electron chi connectivity index (χ2n) is 7.28. The van der Waals surface area contributed by atoms with Crippen LogP contribution in [0, 0.1) is 13.8 Å². The first-order chi connectivity index (χ1) is 14.2. The third kappa shape index (κ3) is 6.74. The zero-order chi connectivity index (χ0) is 22.3. The van der Waals surface area contributed by atoms with Crippen LogP contribution in [0.25, 0.3) is 0 Å². The average Bonchev–Trinajstić information content (AvgIpc) is 2.71. The number of nitrogens with zero attached hydrogens (tertiary/aromatic N) is 1. The third-order valence-electron chi connectivity index (χ3n) is 4.73. The van der Waals surface area contributed by atoms with Crippen LogP contribution < -0.4 is 10.1 Å². The van der Waals surface area contributed by atoms with Crippen molar-refractivity contribution < 1.29 is 14.3 Å². The highest BCUT2D eigenvalue weighted by Gasteiger charge is 2.26. The Labute approximate surface area is 191 Å². The maximum Gasteiger partial charge on any atom is 0.261 e. The Morgan fingerprint density at radius 2 is 1.87 bits per heavy atom. The molecule has 0 radical (unpaired) electrons. The van der Waals surface area contributed by atoms with Gasteiger partial charge in [0, 0.05) is 22.6 Å². The molecule has 2 amide bonds. The number of hydrogen-bond acceptors (Lipinski definition) is 3. The predicted molar refractivity (Wildman–Crippen MR) is 124 cm³/mol. The molecule has 0 saturated carbocycles. The molecule has 0 aromatic heterocycles. The Balaban J connectivity index is 2.17. The molecular formula is C23H28BrClN2O3. The number of carbonyl (C=O) groups is 2. The van der Waals surface area contributed by atoms with Crippen LogP contribution in [0.2, 0.25) is 5.02 Å². The highest BCUT2D eigenvalue weighted by atomic mass is 79.9. The molecule has 30 heavy (non-hydrogen) atoms. The standard InChI is InChI=1S/C23H28BrClN2O3/c1-5-9-26-23(29)17(4)27(13-18-7-6-8-19(25)12-18)21(28)14-30-20-10-15(2)22(24)16(3)11-20/h6-8,10-12,17H,5,9,13-14H2,1-4H3,(H,26,29). The van der Waals surface area contributed by atoms with E-state index in [0.717, 1.165) is 27.6 Å². The van der Waals surface area contributed by atoms with Gasteiger partial charge in [-0.15, -0.1) is 0 Å². The van der Waals surface area contributed by atoms with Crippen LogP contribution in [0.4, 0.5) is 0 Å². The van der Waals surface area contributed by atoms with Crippen LogP contribution >= 0.6 is 27.5 Å². The van der Waals surface area contributed by atoms with Crippen molar-refractivity contribution in [2.45, 2.75) is 46.7 Å². The number of hydrogen-bond donors (Lipinski definition) is 1. The van der Waals surface area contributed by atoms with Crippen LogP contribution in [0.15, 0.2) is 40.9 Å². The summed E-state index contributed by atoms with van der Waals surface area (Å²) >= 11 is 9.62. The molecule has 0 saturated heterocycles. The van der Waals surface area contributed by atoms with Gasteiger partial charge in [0.25, 0.3) is 5.91 Å². The Hall–Kier alpha value is -2.05. The van der Waals surface area contributed by atoms with E-state index in [1.165, 1.54) is 4.90 Å². The number of rotatable bonds is 9. The van der Waals surface area contributed by atoms with Gasteiger partial charge in [0.2, 0.25) is 5.91 Å². The molecule has 0 aliphatic carbocycles. The third-order valence-corrected chi connectivity index (χ3v) is 6.22. The van der Waals surface area contributed by atoms with Gasteiger partial charge in [-0.05, 0) is 68.1 Å². The summed E-state index contributed by atoms with van der Waals surface area (Å²) in [6.45, 7) is 8.32. The van der Waals surface area contributed by atoms with E-state index in [4.69, 9.17) is 16.3 Å². The monoisotopic (exact) mass is 494 g/mol. The summed E-state index contributed by atoms with van der Waals surface area (Å²) in [5.41, 5.74) is 2.91. The van der Waals surface area contributed by atoms with Gasteiger partial charge in [-0.25, -0.2) is 0 Å². The molecule has 2 rings (SSSR count). The molecule has 1 atom stereocenters. The molecule has 2 aromatic rings. The highest BCUT2D eigenvalue weighted by Crippen LogP contribution is 2.26. The molecule has 5 nitrogen and oxygen atoms in total. The largest absolute Gasteiger partial charge is 0.484 e. The van der Waals surface area contributed by atoms with Gasteiger partial charge in [0.05, 0.1) is 0 Å². The Bertz CT molecular complexity index is 881. The minimum atomic E-state index is -0.639. The van der Waals surface area contributed by atoms with Gasteiger partial charge in [-0.1, -0.05) is 46.6 Å². The van der Waals surface area contributed by atoms with Crippen molar-refractivity contribution in [1.29, 1.82) is 0 Å². The summed E-state index contributed by atoms with van der Waals surface area (Å²) in [5, 5.41) is 3.44. The van der Waals surface area contributed by atoms with E-state index in [-0.39, 0.29) is 25.0 Å². The molecule has 2 aromatic carbocycles. The summed E-state index contributed by atoms with van der Waals surface area (Å²) in [6.07, 6.45) is 0.825. The maximum atomic E-state index is 13.0. The normalized spacial score (nSPS) is 11.7. The smallest absolute Gasteiger partial charge is 0.261 e. The number of carbonyl (C=O) groups excluding carboxylic acids is 2. The average molecular weight is 496 g/mol. The minimum absolute atomic E-state index is 0.160. The number of ether oxygens (including phenoxy) is 1. The van der Waals surface area contributed by atoms with Crippen molar-refractivity contribution in [3.05, 3.63) is 62.6 Å². The molecule has 0 fully saturated rings. The van der Waals surface area contributed by atoms with E-state index in [9.17, 15) is 9.59 Å². The van der Waals surface area contributed by atoms with Gasteiger partial charge in [-0.3, -0.25) is 9.59 Å². The molecule has 0 aliphatic rings. The number of benzene rings is 2. The maximum absolute atomic E-state index is 13.0. The second kappa shape index (κ2) is 11.4. The summed E-state index contributed by atoms with van der Waals surface area (Å²) in [6, 6.07) is 10.4. The van der Waals surface area contributed by atoms with E-state index in [2.05, 4.69) is 21.2 Å². The quantitative estimate of drug-likeness (QED) is 0.530. The lowest BCUT2D eigenvalue weighted by Crippen LogP contribution is -2.49. The Kier molecular flexibility index (Phi) is 9.18. The zero-order valence-corrected chi connectivity index (χ0v) is 20.1. The van der Waals surface area contributed by atoms with Gasteiger partial charge in [0.1, 0.15) is 11.8 Å². The Morgan fingerprint density at radius 1 is 1.20 bits per heavy atom. The minimum Gasteiger partial charge on any atom is -0.484 e. The molecule has 0 aliphatic heterocycles. The summed E-state index contributed by atoms with van der Waals surface area (Å²) in [4.78, 5) is 27.1. The van der Waals surface area contributed by atoms with Gasteiger partial charge < -0.3 is 15.0 Å².